The molecule has 2 aromatic carbocycles. The molecule has 2 amide bonds. The number of esters is 1. The Morgan fingerprint density at radius 1 is 1.06 bits per heavy atom. The van der Waals surface area contributed by atoms with E-state index in [1.807, 2.05) is 0 Å². The number of amides is 2. The Kier molecular flexibility index (Phi) is 7.34. The Bertz CT molecular complexity index is 976. The van der Waals surface area contributed by atoms with Crippen LogP contribution in [0.25, 0.3) is 0 Å². The molecule has 1 aliphatic rings. The number of alkyl halides is 3. The highest BCUT2D eigenvalue weighted by Gasteiger charge is 2.32. The van der Waals surface area contributed by atoms with Crippen LogP contribution in [0.4, 0.5) is 13.2 Å². The number of hydrogen-bond acceptors (Lipinski definition) is 5. The lowest BCUT2D eigenvalue weighted by Gasteiger charge is -2.15. The average Bonchev–Trinajstić information content (AvgIpc) is 3.15. The number of ether oxygens (including phenoxy) is 2. The Balaban J connectivity index is 1.46. The van der Waals surface area contributed by atoms with Gasteiger partial charge in [0.05, 0.1) is 5.56 Å². The van der Waals surface area contributed by atoms with Crippen LogP contribution >= 0.6 is 0 Å². The van der Waals surface area contributed by atoms with E-state index in [4.69, 9.17) is 4.74 Å². The third-order valence-corrected chi connectivity index (χ3v) is 4.74. The molecular weight excluding hydrogens is 429 g/mol. The largest absolute Gasteiger partial charge is 0.573 e. The van der Waals surface area contributed by atoms with Crippen LogP contribution in [0.2, 0.25) is 0 Å². The van der Waals surface area contributed by atoms with Crippen LogP contribution in [0.15, 0.2) is 48.5 Å². The Labute approximate surface area is 182 Å². The topological polar surface area (TPSA) is 84.9 Å². The molecule has 1 fully saturated rings. The third kappa shape index (κ3) is 6.73. The molecule has 1 saturated heterocycles. The number of halogens is 3. The molecule has 170 valence electrons. The molecule has 32 heavy (non-hydrogen) atoms. The van der Waals surface area contributed by atoms with Gasteiger partial charge in [-0.2, -0.15) is 0 Å². The highest BCUT2D eigenvalue weighted by molar-refractivity contribution is 5.91. The van der Waals surface area contributed by atoms with Gasteiger partial charge in [-0.3, -0.25) is 9.59 Å². The molecule has 1 N–H and O–H groups in total. The van der Waals surface area contributed by atoms with Crippen molar-refractivity contribution >= 4 is 17.8 Å². The quantitative estimate of drug-likeness (QED) is 0.625. The van der Waals surface area contributed by atoms with Gasteiger partial charge in [0.15, 0.2) is 6.61 Å². The van der Waals surface area contributed by atoms with Crippen molar-refractivity contribution in [3.63, 3.8) is 0 Å². The first-order valence-electron chi connectivity index (χ1n) is 9.85. The molecule has 0 aliphatic carbocycles. The number of nitrogens with one attached hydrogen (secondary N) is 1. The van der Waals surface area contributed by atoms with Gasteiger partial charge in [0.1, 0.15) is 5.75 Å². The monoisotopic (exact) mass is 450 g/mol. The number of benzene rings is 2. The lowest BCUT2D eigenvalue weighted by Crippen LogP contribution is -2.29. The first kappa shape index (κ1) is 23.1. The van der Waals surface area contributed by atoms with Crippen molar-refractivity contribution in [3.8, 4) is 5.75 Å². The smallest absolute Gasteiger partial charge is 0.452 e. The zero-order valence-electron chi connectivity index (χ0n) is 17.0. The molecular formula is C22H21F3N2O5. The highest BCUT2D eigenvalue weighted by Crippen LogP contribution is 2.26. The van der Waals surface area contributed by atoms with Gasteiger partial charge in [0.2, 0.25) is 5.91 Å². The minimum absolute atomic E-state index is 0.104. The summed E-state index contributed by atoms with van der Waals surface area (Å²) in [6, 6.07) is 11.9. The molecule has 2 aromatic rings. The summed E-state index contributed by atoms with van der Waals surface area (Å²) in [4.78, 5) is 37.5. The number of hydrogen-bond donors (Lipinski definition) is 1. The fourth-order valence-corrected chi connectivity index (χ4v) is 3.17. The molecule has 0 aromatic heterocycles. The lowest BCUT2D eigenvalue weighted by molar-refractivity contribution is -0.274. The number of rotatable bonds is 8. The summed E-state index contributed by atoms with van der Waals surface area (Å²) < 4.78 is 46.2. The maximum absolute atomic E-state index is 12.4. The Hall–Kier alpha value is -3.56. The van der Waals surface area contributed by atoms with Crippen LogP contribution in [0.3, 0.4) is 0 Å². The van der Waals surface area contributed by atoms with Gasteiger partial charge in [-0.1, -0.05) is 30.3 Å². The number of carbonyl (C=O) groups is 3. The molecule has 3 rings (SSSR count). The van der Waals surface area contributed by atoms with E-state index in [1.54, 1.807) is 29.2 Å². The van der Waals surface area contributed by atoms with Crippen LogP contribution in [0.1, 0.15) is 34.3 Å². The van der Waals surface area contributed by atoms with Crippen LogP contribution in [-0.2, 0) is 27.4 Å². The predicted octanol–water partition coefficient (Wildman–Crippen LogP) is 3.18. The SMILES string of the molecule is O=C(COC(=O)c1ccc(CN2CCCC2=O)cc1)NCc1ccccc1OC(F)(F)F. The summed E-state index contributed by atoms with van der Waals surface area (Å²) in [5.74, 6) is -1.71. The maximum atomic E-state index is 12.4. The third-order valence-electron chi connectivity index (χ3n) is 4.74. The Morgan fingerprint density at radius 2 is 1.78 bits per heavy atom. The molecule has 0 unspecified atom stereocenters. The van der Waals surface area contributed by atoms with E-state index in [-0.39, 0.29) is 23.6 Å². The van der Waals surface area contributed by atoms with E-state index in [0.29, 0.717) is 19.5 Å². The Morgan fingerprint density at radius 3 is 2.44 bits per heavy atom. The van der Waals surface area contributed by atoms with Gasteiger partial charge in [0, 0.05) is 31.6 Å². The van der Waals surface area contributed by atoms with Crippen molar-refractivity contribution in [2.24, 2.45) is 0 Å². The van der Waals surface area contributed by atoms with E-state index < -0.39 is 30.6 Å². The van der Waals surface area contributed by atoms with Crippen LogP contribution in [-0.4, -0.2) is 42.2 Å². The summed E-state index contributed by atoms with van der Waals surface area (Å²) in [5, 5.41) is 2.38. The van der Waals surface area contributed by atoms with E-state index >= 15 is 0 Å². The summed E-state index contributed by atoms with van der Waals surface area (Å²) in [7, 11) is 0. The van der Waals surface area contributed by atoms with E-state index in [0.717, 1.165) is 18.1 Å². The van der Waals surface area contributed by atoms with Crippen molar-refractivity contribution in [3.05, 3.63) is 65.2 Å². The molecule has 1 aliphatic heterocycles. The van der Waals surface area contributed by atoms with Gasteiger partial charge in [-0.25, -0.2) is 4.79 Å². The molecule has 7 nitrogen and oxygen atoms in total. The molecule has 10 heteroatoms. The van der Waals surface area contributed by atoms with Gasteiger partial charge in [-0.05, 0) is 30.2 Å². The van der Waals surface area contributed by atoms with E-state index in [1.165, 1.54) is 18.2 Å². The zero-order valence-corrected chi connectivity index (χ0v) is 17.0. The summed E-state index contributed by atoms with van der Waals surface area (Å²) >= 11 is 0. The highest BCUT2D eigenvalue weighted by atomic mass is 19.4. The normalized spacial score (nSPS) is 13.7. The van der Waals surface area contributed by atoms with Crippen molar-refractivity contribution in [1.29, 1.82) is 0 Å². The minimum Gasteiger partial charge on any atom is -0.452 e. The van der Waals surface area contributed by atoms with Crippen molar-refractivity contribution < 1.29 is 37.0 Å². The number of nitrogens with zero attached hydrogens (tertiary/aromatic N) is 1. The first-order chi connectivity index (χ1) is 15.2. The van der Waals surface area contributed by atoms with Crippen molar-refractivity contribution in [2.45, 2.75) is 32.3 Å². The van der Waals surface area contributed by atoms with Crippen LogP contribution < -0.4 is 10.1 Å². The van der Waals surface area contributed by atoms with Crippen molar-refractivity contribution in [1.82, 2.24) is 10.2 Å². The zero-order chi connectivity index (χ0) is 23.1. The van der Waals surface area contributed by atoms with Gasteiger partial charge in [0.25, 0.3) is 5.91 Å². The lowest BCUT2D eigenvalue weighted by atomic mass is 10.1. The fraction of sp³-hybridized carbons (Fsp3) is 0.318. The number of carbonyl (C=O) groups excluding carboxylic acids is 3. The predicted molar refractivity (Wildman–Crippen MR) is 106 cm³/mol. The second-order valence-electron chi connectivity index (χ2n) is 7.12. The maximum Gasteiger partial charge on any atom is 0.573 e. The molecule has 0 spiro atoms. The summed E-state index contributed by atoms with van der Waals surface area (Å²) in [6.07, 6.45) is -3.46. The molecule has 0 bridgehead atoms. The standard InChI is InChI=1S/C22H21F3N2O5/c23-22(24,25)32-18-5-2-1-4-17(18)12-26-19(28)14-31-21(30)16-9-7-15(8-10-16)13-27-11-3-6-20(27)29/h1-2,4-5,7-10H,3,6,11-14H2,(H,26,28). The molecule has 0 radical (unpaired) electrons. The van der Waals surface area contributed by atoms with E-state index in [2.05, 4.69) is 10.1 Å². The molecule has 1 heterocycles. The van der Waals surface area contributed by atoms with Gasteiger partial charge >= 0.3 is 12.3 Å². The van der Waals surface area contributed by atoms with E-state index in [9.17, 15) is 27.6 Å². The average molecular weight is 450 g/mol. The fourth-order valence-electron chi connectivity index (χ4n) is 3.17. The molecule has 0 atom stereocenters. The number of para-hydroxylation sites is 1. The van der Waals surface area contributed by atoms with Gasteiger partial charge in [-0.15, -0.1) is 13.2 Å². The number of likely N-dealkylation sites (tertiary alicyclic amines) is 1. The summed E-state index contributed by atoms with van der Waals surface area (Å²) in [6.45, 7) is 0.359. The first-order valence-corrected chi connectivity index (χ1v) is 9.85. The van der Waals surface area contributed by atoms with Crippen molar-refractivity contribution in [2.75, 3.05) is 13.2 Å². The minimum atomic E-state index is -4.85. The van der Waals surface area contributed by atoms with Crippen LogP contribution in [0, 0.1) is 0 Å². The second kappa shape index (κ2) is 10.2. The molecule has 0 saturated carbocycles. The van der Waals surface area contributed by atoms with Crippen LogP contribution in [0.5, 0.6) is 5.75 Å². The summed E-state index contributed by atoms with van der Waals surface area (Å²) in [5.41, 5.74) is 1.23. The van der Waals surface area contributed by atoms with Gasteiger partial charge < -0.3 is 19.7 Å². The second-order valence-corrected chi connectivity index (χ2v) is 7.12.